The topological polar surface area (TPSA) is 189 Å². The lowest BCUT2D eigenvalue weighted by Gasteiger charge is -2.19. The van der Waals surface area contributed by atoms with E-state index in [1.165, 1.54) is 0 Å². The molecular formula is C44H63N9O3. The van der Waals surface area contributed by atoms with Gasteiger partial charge in [-0.3, -0.25) is 9.79 Å². The van der Waals surface area contributed by atoms with Crippen LogP contribution in [0.5, 0.6) is 0 Å². The van der Waals surface area contributed by atoms with E-state index in [1.54, 1.807) is 0 Å². The summed E-state index contributed by atoms with van der Waals surface area (Å²) in [6, 6.07) is 29.1. The van der Waals surface area contributed by atoms with Crippen LogP contribution < -0.4 is 22.1 Å². The van der Waals surface area contributed by atoms with Gasteiger partial charge in [0.05, 0.1) is 40.0 Å². The van der Waals surface area contributed by atoms with Gasteiger partial charge in [-0.25, -0.2) is 14.8 Å². The number of H-pyrrole nitrogens is 2. The molecule has 0 aliphatic carbocycles. The predicted octanol–water partition coefficient (Wildman–Crippen LogP) is 9.51. The maximum absolute atomic E-state index is 13.1. The first-order valence-corrected chi connectivity index (χ1v) is 18.2. The number of alkyl carbamates (subject to hydrolysis) is 1. The van der Waals surface area contributed by atoms with Gasteiger partial charge < -0.3 is 36.8 Å². The number of carbonyl (C=O) groups excluding carboxylic acids is 2. The van der Waals surface area contributed by atoms with Crippen LogP contribution in [0, 0.1) is 0 Å². The fourth-order valence-corrected chi connectivity index (χ4v) is 5.73. The summed E-state index contributed by atoms with van der Waals surface area (Å²) in [5, 5.41) is 8.04. The Hall–Kier alpha value is -5.75. The largest absolute Gasteiger partial charge is 0.444 e. The van der Waals surface area contributed by atoms with Crippen LogP contribution in [0.1, 0.15) is 116 Å². The normalized spacial score (nSPS) is 12.3. The number of nitrogens with zero attached hydrogens (tertiary/aromatic N) is 3. The fourth-order valence-electron chi connectivity index (χ4n) is 5.73. The standard InChI is InChI=1S/C25H27N5O.C16H24N4O2.3CH4/c1-2-23(26)27-15-7-12-22(24-28-20-10-5-6-11-21(20)29-24)30-25(31)19-14-13-17-8-3-4-9-18(17)16-19;1-16(2,3)22-15(21)18-10-6-7-11(17)14-19-12-8-4-5-9-13(12)20-14;;;/h3-6,8-11,13-14,16,22H,2,7,12,15H2,1H3,(H2,26,27)(H,28,29)(H,30,31);4-5,8-9,11H,6-7,10,17H2,1-3H3,(H,18,21)(H,19,20);3*1H4/t22-;11-;;;/m00.../s1. The molecule has 302 valence electrons. The third kappa shape index (κ3) is 13.5. The Morgan fingerprint density at radius 1 is 0.804 bits per heavy atom. The SMILES string of the molecule is C.C.C.CC(C)(C)OC(=O)NCCC[C@H](N)c1nc2ccccc2[nH]1.CCC(N)=NCCC[C@H](NC(=O)c1ccc2ccccc2c1)c1nc2ccccc2[nH]1. The Balaban J connectivity index is 0.000000387. The third-order valence-corrected chi connectivity index (χ3v) is 8.50. The van der Waals surface area contributed by atoms with Crippen LogP contribution in [0.15, 0.2) is 96.0 Å². The zero-order valence-electron chi connectivity index (χ0n) is 31.0. The van der Waals surface area contributed by atoms with Crippen LogP contribution in [-0.2, 0) is 4.74 Å². The highest BCUT2D eigenvalue weighted by atomic mass is 16.6. The Kier molecular flexibility index (Phi) is 18.2. The van der Waals surface area contributed by atoms with E-state index in [9.17, 15) is 9.59 Å². The van der Waals surface area contributed by atoms with Gasteiger partial charge in [0, 0.05) is 25.1 Å². The van der Waals surface area contributed by atoms with Gasteiger partial charge in [0.1, 0.15) is 17.2 Å². The summed E-state index contributed by atoms with van der Waals surface area (Å²) < 4.78 is 5.17. The van der Waals surface area contributed by atoms with Gasteiger partial charge in [0.25, 0.3) is 5.91 Å². The summed E-state index contributed by atoms with van der Waals surface area (Å²) in [7, 11) is 0. The van der Waals surface area contributed by atoms with E-state index in [4.69, 9.17) is 21.2 Å². The monoisotopic (exact) mass is 766 g/mol. The number of amidine groups is 1. The molecule has 56 heavy (non-hydrogen) atoms. The number of aliphatic imine (C=N–C) groups is 1. The molecule has 0 spiro atoms. The minimum atomic E-state index is -0.477. The summed E-state index contributed by atoms with van der Waals surface area (Å²) in [5.41, 5.74) is 15.9. The van der Waals surface area contributed by atoms with E-state index >= 15 is 0 Å². The number of nitrogens with two attached hydrogens (primary N) is 2. The van der Waals surface area contributed by atoms with Crippen molar-refractivity contribution in [2.24, 2.45) is 16.5 Å². The molecule has 2 atom stereocenters. The molecule has 2 aromatic heterocycles. The highest BCUT2D eigenvalue weighted by Crippen LogP contribution is 2.22. The molecule has 4 aromatic carbocycles. The van der Waals surface area contributed by atoms with Crippen LogP contribution in [-0.4, -0.2) is 56.5 Å². The van der Waals surface area contributed by atoms with E-state index < -0.39 is 11.7 Å². The number of nitrogens with one attached hydrogen (secondary N) is 4. The fraction of sp³-hybridized carbons (Fsp3) is 0.386. The number of ether oxygens (including phenoxy) is 1. The highest BCUT2D eigenvalue weighted by Gasteiger charge is 2.20. The second kappa shape index (κ2) is 22.0. The van der Waals surface area contributed by atoms with Crippen LogP contribution in [0.4, 0.5) is 4.79 Å². The van der Waals surface area contributed by atoms with Gasteiger partial charge in [0.15, 0.2) is 0 Å². The maximum Gasteiger partial charge on any atom is 0.407 e. The second-order valence-corrected chi connectivity index (χ2v) is 13.9. The molecule has 0 unspecified atom stereocenters. The molecule has 0 bridgehead atoms. The molecule has 0 saturated carbocycles. The highest BCUT2D eigenvalue weighted by molar-refractivity contribution is 5.98. The van der Waals surface area contributed by atoms with Crippen LogP contribution in [0.2, 0.25) is 0 Å². The minimum absolute atomic E-state index is 0. The lowest BCUT2D eigenvalue weighted by atomic mass is 10.1. The van der Waals surface area contributed by atoms with Gasteiger partial charge in [-0.15, -0.1) is 0 Å². The first kappa shape index (κ1) is 46.4. The van der Waals surface area contributed by atoms with Gasteiger partial charge in [-0.2, -0.15) is 0 Å². The molecule has 6 rings (SSSR count). The molecule has 0 radical (unpaired) electrons. The number of hydrogen-bond acceptors (Lipinski definition) is 7. The number of fused-ring (bicyclic) bond motifs is 3. The number of hydrogen-bond donors (Lipinski definition) is 6. The molecule has 8 N–H and O–H groups in total. The number of carbonyl (C=O) groups is 2. The Bertz CT molecular complexity index is 2080. The summed E-state index contributed by atoms with van der Waals surface area (Å²) in [6.45, 7) is 8.66. The lowest BCUT2D eigenvalue weighted by molar-refractivity contribution is 0.0526. The second-order valence-electron chi connectivity index (χ2n) is 13.9. The molecule has 0 aliphatic rings. The third-order valence-electron chi connectivity index (χ3n) is 8.50. The number of benzene rings is 4. The van der Waals surface area contributed by atoms with Crippen molar-refractivity contribution in [1.82, 2.24) is 30.6 Å². The van der Waals surface area contributed by atoms with Gasteiger partial charge in [-0.1, -0.05) is 83.8 Å². The quantitative estimate of drug-likeness (QED) is 0.0383. The molecule has 0 fully saturated rings. The maximum atomic E-state index is 13.1. The zero-order chi connectivity index (χ0) is 37.8. The van der Waals surface area contributed by atoms with Crippen LogP contribution in [0.25, 0.3) is 32.8 Å². The van der Waals surface area contributed by atoms with E-state index in [-0.39, 0.29) is 40.3 Å². The summed E-state index contributed by atoms with van der Waals surface area (Å²) >= 11 is 0. The molecule has 12 heteroatoms. The zero-order valence-corrected chi connectivity index (χ0v) is 31.0. The molecule has 0 aliphatic heterocycles. The van der Waals surface area contributed by atoms with Crippen molar-refractivity contribution in [3.05, 3.63) is 108 Å². The summed E-state index contributed by atoms with van der Waals surface area (Å²) in [5.74, 6) is 2.06. The van der Waals surface area contributed by atoms with Crippen LogP contribution >= 0.6 is 0 Å². The Morgan fingerprint density at radius 2 is 1.39 bits per heavy atom. The predicted molar refractivity (Wildman–Crippen MR) is 233 cm³/mol. The molecule has 2 amide bonds. The van der Waals surface area contributed by atoms with E-state index in [0.29, 0.717) is 30.9 Å². The summed E-state index contributed by atoms with van der Waals surface area (Å²) in [6.07, 6.45) is 3.34. The number of rotatable bonds is 13. The first-order chi connectivity index (χ1) is 25.5. The van der Waals surface area contributed by atoms with Gasteiger partial charge in [0.2, 0.25) is 0 Å². The van der Waals surface area contributed by atoms with Crippen molar-refractivity contribution < 1.29 is 14.3 Å². The average molecular weight is 766 g/mol. The molecule has 6 aromatic rings. The molecule has 12 nitrogen and oxygen atoms in total. The van der Waals surface area contributed by atoms with Gasteiger partial charge in [-0.05, 0) is 93.6 Å². The van der Waals surface area contributed by atoms with Crippen molar-refractivity contribution in [2.45, 2.75) is 99.8 Å². The number of aromatic amines is 2. The van der Waals surface area contributed by atoms with Crippen molar-refractivity contribution in [1.29, 1.82) is 0 Å². The van der Waals surface area contributed by atoms with Crippen molar-refractivity contribution >= 4 is 50.7 Å². The number of aromatic nitrogens is 4. The minimum Gasteiger partial charge on any atom is -0.444 e. The Labute approximate surface area is 332 Å². The van der Waals surface area contributed by atoms with E-state index in [1.807, 2.05) is 119 Å². The number of para-hydroxylation sites is 4. The smallest absolute Gasteiger partial charge is 0.407 e. The average Bonchev–Trinajstić information content (AvgIpc) is 3.79. The van der Waals surface area contributed by atoms with Crippen LogP contribution in [0.3, 0.4) is 0 Å². The van der Waals surface area contributed by atoms with Crippen molar-refractivity contribution in [2.75, 3.05) is 13.1 Å². The van der Waals surface area contributed by atoms with E-state index in [2.05, 4.69) is 30.6 Å². The first-order valence-electron chi connectivity index (χ1n) is 18.2. The number of imidazole rings is 2. The lowest BCUT2D eigenvalue weighted by Crippen LogP contribution is -2.33. The van der Waals surface area contributed by atoms with Crippen molar-refractivity contribution in [3.63, 3.8) is 0 Å². The van der Waals surface area contributed by atoms with E-state index in [0.717, 1.165) is 70.2 Å². The molecular weight excluding hydrogens is 703 g/mol. The van der Waals surface area contributed by atoms with Gasteiger partial charge >= 0.3 is 6.09 Å². The summed E-state index contributed by atoms with van der Waals surface area (Å²) in [4.78, 5) is 44.7. The van der Waals surface area contributed by atoms with Crippen molar-refractivity contribution in [3.8, 4) is 0 Å². The Morgan fingerprint density at radius 3 is 2.02 bits per heavy atom. The molecule has 2 heterocycles. The molecule has 0 saturated heterocycles. The number of amides is 2.